The van der Waals surface area contributed by atoms with Crippen LogP contribution in [0.3, 0.4) is 0 Å². The van der Waals surface area contributed by atoms with Crippen molar-refractivity contribution in [2.45, 2.75) is 60.1 Å². The summed E-state index contributed by atoms with van der Waals surface area (Å²) in [5.41, 5.74) is 2.47. The molecular formula is C17H29N3OS. The van der Waals surface area contributed by atoms with Gasteiger partial charge in [-0.05, 0) is 54.0 Å². The minimum absolute atomic E-state index is 0.171. The highest BCUT2D eigenvalue weighted by Crippen LogP contribution is 2.26. The number of hydrogen-bond acceptors (Lipinski definition) is 4. The summed E-state index contributed by atoms with van der Waals surface area (Å²) < 4.78 is 2.23. The van der Waals surface area contributed by atoms with E-state index in [4.69, 9.17) is 0 Å². The van der Waals surface area contributed by atoms with E-state index in [0.29, 0.717) is 6.04 Å². The van der Waals surface area contributed by atoms with Crippen molar-refractivity contribution in [2.24, 2.45) is 5.92 Å². The van der Waals surface area contributed by atoms with Crippen LogP contribution in [0.4, 0.5) is 0 Å². The lowest BCUT2D eigenvalue weighted by atomic mass is 10.1. The zero-order valence-electron chi connectivity index (χ0n) is 14.8. The monoisotopic (exact) mass is 323 g/mol. The molecule has 3 rings (SSSR count). The third-order valence-electron chi connectivity index (χ3n) is 4.63. The lowest BCUT2D eigenvalue weighted by molar-refractivity contribution is 0.101. The summed E-state index contributed by atoms with van der Waals surface area (Å²) in [5, 5.41) is 9.30. The molecule has 0 amide bonds. The number of imidazole rings is 1. The summed E-state index contributed by atoms with van der Waals surface area (Å²) in [6.07, 6.45) is 0.976. The van der Waals surface area contributed by atoms with Crippen LogP contribution in [0.1, 0.15) is 42.4 Å². The molecule has 0 radical (unpaired) electrons. The van der Waals surface area contributed by atoms with Gasteiger partial charge in [0.05, 0.1) is 11.8 Å². The lowest BCUT2D eigenvalue weighted by Gasteiger charge is -2.21. The number of thiazole rings is 1. The van der Waals surface area contributed by atoms with Crippen LogP contribution >= 0.6 is 11.3 Å². The first-order valence-corrected chi connectivity index (χ1v) is 8.84. The number of aryl methyl sites for hydroxylation is 4. The summed E-state index contributed by atoms with van der Waals surface area (Å²) in [6.45, 7) is 13.7. The smallest absolute Gasteiger partial charge is 0.123 e. The Bertz CT molecular complexity index is 644. The van der Waals surface area contributed by atoms with Gasteiger partial charge in [0.25, 0.3) is 0 Å². The van der Waals surface area contributed by atoms with Crippen LogP contribution in [-0.2, 0) is 0 Å². The van der Waals surface area contributed by atoms with Crippen molar-refractivity contribution >= 4 is 16.2 Å². The number of fused-ring (bicyclic) bond motifs is 1. The molecule has 1 aliphatic rings. The summed E-state index contributed by atoms with van der Waals surface area (Å²) in [4.78, 5) is 9.35. The van der Waals surface area contributed by atoms with Crippen molar-refractivity contribution in [3.8, 4) is 0 Å². The SMILES string of the molecule is CC(O)C1C[C@@H](C)CN1C.Cc1sc2c(C)nc(C)n2c1C. The number of rotatable bonds is 1. The second-order valence-electron chi connectivity index (χ2n) is 6.72. The molecule has 3 atom stereocenters. The molecule has 5 heteroatoms. The van der Waals surface area contributed by atoms with Crippen LogP contribution in [0.5, 0.6) is 0 Å². The third kappa shape index (κ3) is 3.36. The number of hydrogen-bond donors (Lipinski definition) is 1. The average molecular weight is 324 g/mol. The first kappa shape index (κ1) is 17.4. The Labute approximate surface area is 137 Å². The van der Waals surface area contributed by atoms with E-state index < -0.39 is 0 Å². The molecule has 0 spiro atoms. The van der Waals surface area contributed by atoms with Gasteiger partial charge in [0.2, 0.25) is 0 Å². The van der Waals surface area contributed by atoms with Gasteiger partial charge in [-0.1, -0.05) is 6.92 Å². The van der Waals surface area contributed by atoms with E-state index in [-0.39, 0.29) is 6.10 Å². The molecule has 1 fully saturated rings. The number of aromatic nitrogens is 2. The largest absolute Gasteiger partial charge is 0.392 e. The van der Waals surface area contributed by atoms with Crippen LogP contribution in [-0.4, -0.2) is 45.1 Å². The van der Waals surface area contributed by atoms with E-state index in [1.54, 1.807) is 0 Å². The highest BCUT2D eigenvalue weighted by atomic mass is 32.1. The van der Waals surface area contributed by atoms with Crippen molar-refractivity contribution in [3.63, 3.8) is 0 Å². The third-order valence-corrected chi connectivity index (χ3v) is 5.90. The topological polar surface area (TPSA) is 40.8 Å². The number of likely N-dealkylation sites (tertiary alicyclic amines) is 1. The maximum Gasteiger partial charge on any atom is 0.123 e. The van der Waals surface area contributed by atoms with Gasteiger partial charge in [-0.2, -0.15) is 0 Å². The molecule has 1 saturated heterocycles. The van der Waals surface area contributed by atoms with E-state index in [1.807, 2.05) is 18.3 Å². The molecule has 3 heterocycles. The molecule has 0 aliphatic carbocycles. The van der Waals surface area contributed by atoms with E-state index in [2.05, 4.69) is 56.0 Å². The Morgan fingerprint density at radius 1 is 1.27 bits per heavy atom. The molecular weight excluding hydrogens is 294 g/mol. The number of aliphatic hydroxyl groups excluding tert-OH is 1. The average Bonchev–Trinajstić information content (AvgIpc) is 2.99. The Morgan fingerprint density at radius 2 is 1.91 bits per heavy atom. The standard InChI is InChI=1S/C9H12N2S.C8H17NO/c1-5-9-11(8(4)10-5)6(2)7(3)12-9;1-6-4-8(7(2)10)9(3)5-6/h1-4H3;6-8,10H,4-5H2,1-3H3/t;6-,7?,8?/m.1/s1. The summed E-state index contributed by atoms with van der Waals surface area (Å²) in [5.74, 6) is 1.86. The zero-order chi connectivity index (χ0) is 16.6. The van der Waals surface area contributed by atoms with E-state index >= 15 is 0 Å². The van der Waals surface area contributed by atoms with Crippen LogP contribution < -0.4 is 0 Å². The first-order chi connectivity index (χ1) is 10.2. The zero-order valence-corrected chi connectivity index (χ0v) is 15.7. The van der Waals surface area contributed by atoms with Crippen molar-refractivity contribution in [2.75, 3.05) is 13.6 Å². The Balaban J connectivity index is 0.000000164. The fourth-order valence-electron chi connectivity index (χ4n) is 3.40. The van der Waals surface area contributed by atoms with Gasteiger partial charge in [-0.3, -0.25) is 4.40 Å². The molecule has 0 saturated carbocycles. The van der Waals surface area contributed by atoms with Gasteiger partial charge >= 0.3 is 0 Å². The fraction of sp³-hybridized carbons (Fsp3) is 0.706. The van der Waals surface area contributed by atoms with E-state index in [0.717, 1.165) is 30.4 Å². The van der Waals surface area contributed by atoms with Crippen molar-refractivity contribution < 1.29 is 5.11 Å². The van der Waals surface area contributed by atoms with Crippen LogP contribution in [0.15, 0.2) is 0 Å². The Morgan fingerprint density at radius 3 is 2.32 bits per heavy atom. The molecule has 1 aliphatic heterocycles. The van der Waals surface area contributed by atoms with Crippen molar-refractivity contribution in [3.05, 3.63) is 22.1 Å². The van der Waals surface area contributed by atoms with Gasteiger partial charge in [-0.15, -0.1) is 11.3 Å². The number of aliphatic hydroxyl groups is 1. The maximum absolute atomic E-state index is 9.30. The highest BCUT2D eigenvalue weighted by Gasteiger charge is 2.29. The van der Waals surface area contributed by atoms with Crippen molar-refractivity contribution in [1.29, 1.82) is 0 Å². The molecule has 1 N–H and O–H groups in total. The minimum Gasteiger partial charge on any atom is -0.392 e. The van der Waals surface area contributed by atoms with E-state index in [9.17, 15) is 5.11 Å². The number of nitrogens with zero attached hydrogens (tertiary/aromatic N) is 3. The summed E-state index contributed by atoms with van der Waals surface area (Å²) >= 11 is 1.83. The predicted molar refractivity (Wildman–Crippen MR) is 93.9 cm³/mol. The molecule has 2 aromatic heterocycles. The molecule has 22 heavy (non-hydrogen) atoms. The fourth-order valence-corrected chi connectivity index (χ4v) is 4.48. The van der Waals surface area contributed by atoms with Gasteiger partial charge in [0.15, 0.2) is 0 Å². The van der Waals surface area contributed by atoms with Crippen LogP contribution in [0.25, 0.3) is 4.83 Å². The second-order valence-corrected chi connectivity index (χ2v) is 7.92. The van der Waals surface area contributed by atoms with Crippen LogP contribution in [0, 0.1) is 33.6 Å². The molecule has 2 unspecified atom stereocenters. The van der Waals surface area contributed by atoms with Gasteiger partial charge in [-0.25, -0.2) is 4.98 Å². The molecule has 0 aromatic carbocycles. The maximum atomic E-state index is 9.30. The summed E-state index contributed by atoms with van der Waals surface area (Å²) in [7, 11) is 2.08. The molecule has 4 nitrogen and oxygen atoms in total. The predicted octanol–water partition coefficient (Wildman–Crippen LogP) is 3.34. The van der Waals surface area contributed by atoms with Gasteiger partial charge in [0.1, 0.15) is 10.7 Å². The molecule has 2 aromatic rings. The first-order valence-electron chi connectivity index (χ1n) is 8.02. The quantitative estimate of drug-likeness (QED) is 0.875. The van der Waals surface area contributed by atoms with Crippen LogP contribution in [0.2, 0.25) is 0 Å². The normalized spacial score (nSPS) is 23.6. The highest BCUT2D eigenvalue weighted by molar-refractivity contribution is 7.17. The van der Waals surface area contributed by atoms with E-state index in [1.165, 1.54) is 15.4 Å². The van der Waals surface area contributed by atoms with Crippen molar-refractivity contribution in [1.82, 2.24) is 14.3 Å². The Hall–Kier alpha value is -0.910. The number of likely N-dealkylation sites (N-methyl/N-ethyl adjacent to an activating group) is 1. The van der Waals surface area contributed by atoms with Gasteiger partial charge in [0, 0.05) is 23.2 Å². The molecule has 0 bridgehead atoms. The van der Waals surface area contributed by atoms with Gasteiger partial charge < -0.3 is 10.0 Å². The molecule has 124 valence electrons. The lowest BCUT2D eigenvalue weighted by Crippen LogP contribution is -2.34. The summed E-state index contributed by atoms with van der Waals surface area (Å²) in [6, 6.07) is 0.398. The second kappa shape index (κ2) is 6.69. The minimum atomic E-state index is -0.171. The Kier molecular flexibility index (Phi) is 5.30.